The topological polar surface area (TPSA) is 54.4 Å². The molecule has 0 saturated heterocycles. The number of carbonyl (C=O) groups is 1. The molecule has 1 amide bonds. The minimum Gasteiger partial charge on any atom is -0.272 e. The van der Waals surface area contributed by atoms with Gasteiger partial charge >= 0.3 is 0 Å². The number of rotatable bonds is 5. The first-order valence-electron chi connectivity index (χ1n) is 5.96. The van der Waals surface area contributed by atoms with Gasteiger partial charge in [0.25, 0.3) is 0 Å². The van der Waals surface area contributed by atoms with Crippen LogP contribution in [0.4, 0.5) is 0 Å². The fourth-order valence-corrected chi connectivity index (χ4v) is 2.34. The van der Waals surface area contributed by atoms with E-state index in [4.69, 9.17) is 23.2 Å². The summed E-state index contributed by atoms with van der Waals surface area (Å²) >= 11 is 13.0. The van der Waals surface area contributed by atoms with Gasteiger partial charge in [0.15, 0.2) is 0 Å². The number of benzene rings is 1. The largest absolute Gasteiger partial charge is 0.272 e. The maximum atomic E-state index is 11.6. The monoisotopic (exact) mass is 339 g/mol. The SMILES string of the molecule is O=C(CSc1ccccn1)N/N=C/c1ccc(Cl)c(Cl)c1. The lowest BCUT2D eigenvalue weighted by Gasteiger charge is -2.00. The molecule has 1 heterocycles. The van der Waals surface area contributed by atoms with Crippen molar-refractivity contribution < 1.29 is 4.79 Å². The molecule has 0 spiro atoms. The molecule has 2 aromatic rings. The Morgan fingerprint density at radius 3 is 2.86 bits per heavy atom. The molecule has 0 atom stereocenters. The Labute approximate surface area is 136 Å². The second-order valence-electron chi connectivity index (χ2n) is 3.92. The Kier molecular flexibility index (Phi) is 6.04. The van der Waals surface area contributed by atoms with Gasteiger partial charge in [0, 0.05) is 6.20 Å². The highest BCUT2D eigenvalue weighted by Gasteiger charge is 2.02. The first-order valence-corrected chi connectivity index (χ1v) is 7.70. The zero-order chi connectivity index (χ0) is 15.1. The van der Waals surface area contributed by atoms with Gasteiger partial charge in [0.1, 0.15) is 0 Å². The molecule has 1 aromatic heterocycles. The highest BCUT2D eigenvalue weighted by molar-refractivity contribution is 7.99. The van der Waals surface area contributed by atoms with Crippen LogP contribution in [-0.2, 0) is 4.79 Å². The highest BCUT2D eigenvalue weighted by Crippen LogP contribution is 2.21. The molecule has 7 heteroatoms. The quantitative estimate of drug-likeness (QED) is 0.514. The molecule has 0 aliphatic carbocycles. The van der Waals surface area contributed by atoms with Gasteiger partial charge in [-0.1, -0.05) is 47.1 Å². The van der Waals surface area contributed by atoms with E-state index in [-0.39, 0.29) is 11.7 Å². The van der Waals surface area contributed by atoms with Crippen molar-refractivity contribution in [3.63, 3.8) is 0 Å². The maximum Gasteiger partial charge on any atom is 0.250 e. The molecule has 0 unspecified atom stereocenters. The standard InChI is InChI=1S/C14H11Cl2N3OS/c15-11-5-4-10(7-12(11)16)8-18-19-13(20)9-21-14-3-1-2-6-17-14/h1-8H,9H2,(H,19,20)/b18-8+. The number of halogens is 2. The summed E-state index contributed by atoms with van der Waals surface area (Å²) < 4.78 is 0. The van der Waals surface area contributed by atoms with Gasteiger partial charge in [-0.05, 0) is 29.8 Å². The number of pyridine rings is 1. The number of aromatic nitrogens is 1. The molecule has 21 heavy (non-hydrogen) atoms. The second kappa shape index (κ2) is 8.02. The van der Waals surface area contributed by atoms with E-state index >= 15 is 0 Å². The first-order chi connectivity index (χ1) is 10.1. The van der Waals surface area contributed by atoms with Crippen LogP contribution in [0.2, 0.25) is 10.0 Å². The number of hydrogen-bond acceptors (Lipinski definition) is 4. The van der Waals surface area contributed by atoms with Crippen LogP contribution in [0, 0.1) is 0 Å². The van der Waals surface area contributed by atoms with E-state index in [0.29, 0.717) is 10.0 Å². The van der Waals surface area contributed by atoms with Crippen molar-refractivity contribution in [3.05, 3.63) is 58.2 Å². The number of amides is 1. The van der Waals surface area contributed by atoms with Crippen molar-refractivity contribution in [2.24, 2.45) is 5.10 Å². The van der Waals surface area contributed by atoms with E-state index in [1.165, 1.54) is 18.0 Å². The number of hydrogen-bond donors (Lipinski definition) is 1. The number of hydrazone groups is 1. The molecule has 0 saturated carbocycles. The van der Waals surface area contributed by atoms with Crippen LogP contribution < -0.4 is 5.43 Å². The van der Waals surface area contributed by atoms with E-state index < -0.39 is 0 Å². The number of thioether (sulfide) groups is 1. The van der Waals surface area contributed by atoms with Gasteiger partial charge in [0.2, 0.25) is 5.91 Å². The third-order valence-corrected chi connectivity index (χ3v) is 4.02. The molecule has 0 radical (unpaired) electrons. The molecule has 0 bridgehead atoms. The molecule has 1 aromatic carbocycles. The van der Waals surface area contributed by atoms with Crippen molar-refractivity contribution in [1.82, 2.24) is 10.4 Å². The van der Waals surface area contributed by atoms with E-state index in [1.807, 2.05) is 18.2 Å². The molecular weight excluding hydrogens is 329 g/mol. The maximum absolute atomic E-state index is 11.6. The smallest absolute Gasteiger partial charge is 0.250 e. The van der Waals surface area contributed by atoms with Gasteiger partial charge in [-0.2, -0.15) is 5.10 Å². The molecule has 108 valence electrons. The summed E-state index contributed by atoms with van der Waals surface area (Å²) in [5, 5.41) is 5.58. The average Bonchev–Trinajstić information content (AvgIpc) is 2.50. The van der Waals surface area contributed by atoms with Crippen molar-refractivity contribution in [1.29, 1.82) is 0 Å². The highest BCUT2D eigenvalue weighted by atomic mass is 35.5. The number of carbonyl (C=O) groups excluding carboxylic acids is 1. The van der Waals surface area contributed by atoms with Crippen LogP contribution in [0.25, 0.3) is 0 Å². The lowest BCUT2D eigenvalue weighted by atomic mass is 10.2. The van der Waals surface area contributed by atoms with Gasteiger partial charge in [0.05, 0.1) is 27.0 Å². The molecule has 0 fully saturated rings. The fourth-order valence-electron chi connectivity index (χ4n) is 1.38. The second-order valence-corrected chi connectivity index (χ2v) is 5.73. The van der Waals surface area contributed by atoms with Crippen molar-refractivity contribution in [2.75, 3.05) is 5.75 Å². The van der Waals surface area contributed by atoms with Gasteiger partial charge in [-0.3, -0.25) is 4.79 Å². The predicted octanol–water partition coefficient (Wildman–Crippen LogP) is 3.63. The zero-order valence-corrected chi connectivity index (χ0v) is 13.1. The summed E-state index contributed by atoms with van der Waals surface area (Å²) in [6, 6.07) is 10.6. The Bertz CT molecular complexity index is 650. The van der Waals surface area contributed by atoms with Gasteiger partial charge in [-0.25, -0.2) is 10.4 Å². The van der Waals surface area contributed by atoms with Crippen molar-refractivity contribution in [2.45, 2.75) is 5.03 Å². The molecule has 1 N–H and O–H groups in total. The van der Waals surface area contributed by atoms with Crippen molar-refractivity contribution in [3.8, 4) is 0 Å². The van der Waals surface area contributed by atoms with Crippen LogP contribution in [0.15, 0.2) is 52.7 Å². The number of nitrogens with one attached hydrogen (secondary N) is 1. The molecule has 0 aliphatic rings. The van der Waals surface area contributed by atoms with Crippen molar-refractivity contribution >= 4 is 47.1 Å². The van der Waals surface area contributed by atoms with E-state index in [1.54, 1.807) is 24.4 Å². The Morgan fingerprint density at radius 2 is 2.14 bits per heavy atom. The fraction of sp³-hybridized carbons (Fsp3) is 0.0714. The van der Waals surface area contributed by atoms with Crippen LogP contribution in [0.5, 0.6) is 0 Å². The van der Waals surface area contributed by atoms with Gasteiger partial charge < -0.3 is 0 Å². The molecule has 0 aliphatic heterocycles. The Morgan fingerprint density at radius 1 is 1.29 bits per heavy atom. The van der Waals surface area contributed by atoms with Crippen LogP contribution in [0.3, 0.4) is 0 Å². The molecule has 2 rings (SSSR count). The van der Waals surface area contributed by atoms with Crippen LogP contribution in [-0.4, -0.2) is 22.9 Å². The summed E-state index contributed by atoms with van der Waals surface area (Å²) in [7, 11) is 0. The predicted molar refractivity (Wildman–Crippen MR) is 87.2 cm³/mol. The summed E-state index contributed by atoms with van der Waals surface area (Å²) in [6.07, 6.45) is 3.19. The lowest BCUT2D eigenvalue weighted by molar-refractivity contribution is -0.118. The summed E-state index contributed by atoms with van der Waals surface area (Å²) in [5.41, 5.74) is 3.19. The summed E-state index contributed by atoms with van der Waals surface area (Å²) in [5.74, 6) is 0.0392. The summed E-state index contributed by atoms with van der Waals surface area (Å²) in [6.45, 7) is 0. The first kappa shape index (κ1) is 15.8. The van der Waals surface area contributed by atoms with E-state index in [9.17, 15) is 4.79 Å². The normalized spacial score (nSPS) is 10.8. The van der Waals surface area contributed by atoms with Crippen LogP contribution in [0.1, 0.15) is 5.56 Å². The summed E-state index contributed by atoms with van der Waals surface area (Å²) in [4.78, 5) is 15.7. The number of nitrogens with zero attached hydrogens (tertiary/aromatic N) is 2. The van der Waals surface area contributed by atoms with Crippen LogP contribution >= 0.6 is 35.0 Å². The minimum atomic E-state index is -0.207. The zero-order valence-electron chi connectivity index (χ0n) is 10.8. The Balaban J connectivity index is 1.80. The third-order valence-electron chi connectivity index (χ3n) is 2.34. The van der Waals surface area contributed by atoms with E-state index in [2.05, 4.69) is 15.5 Å². The Hall–Kier alpha value is -1.56. The molecular formula is C14H11Cl2N3OS. The van der Waals surface area contributed by atoms with E-state index in [0.717, 1.165) is 10.6 Å². The minimum absolute atomic E-state index is 0.207. The average molecular weight is 340 g/mol. The van der Waals surface area contributed by atoms with Gasteiger partial charge in [-0.15, -0.1) is 0 Å². The lowest BCUT2D eigenvalue weighted by Crippen LogP contribution is -2.19. The third kappa shape index (κ3) is 5.38. The molecule has 4 nitrogen and oxygen atoms in total.